The maximum Gasteiger partial charge on any atom is 0.234 e. The van der Waals surface area contributed by atoms with Crippen LogP contribution in [0, 0.1) is 5.92 Å². The largest absolute Gasteiger partial charge is 0.325 e. The number of ketones is 1. The van der Waals surface area contributed by atoms with Gasteiger partial charge in [-0.1, -0.05) is 36.4 Å². The van der Waals surface area contributed by atoms with Gasteiger partial charge in [0.2, 0.25) is 5.91 Å². The molecule has 0 saturated heterocycles. The Morgan fingerprint density at radius 1 is 1.11 bits per heavy atom. The topological polar surface area (TPSA) is 46.2 Å². The van der Waals surface area contributed by atoms with Crippen molar-refractivity contribution in [1.29, 1.82) is 0 Å². The first-order chi connectivity index (χ1) is 9.25. The second-order valence-corrected chi connectivity index (χ2v) is 4.93. The van der Waals surface area contributed by atoms with Crippen LogP contribution >= 0.6 is 0 Å². The van der Waals surface area contributed by atoms with Gasteiger partial charge in [0.25, 0.3) is 0 Å². The van der Waals surface area contributed by atoms with Crippen molar-refractivity contribution in [2.45, 2.75) is 19.3 Å². The van der Waals surface area contributed by atoms with Crippen LogP contribution in [0.2, 0.25) is 0 Å². The first-order valence-corrected chi connectivity index (χ1v) is 6.57. The summed E-state index contributed by atoms with van der Waals surface area (Å²) in [7, 11) is 0. The van der Waals surface area contributed by atoms with E-state index in [0.29, 0.717) is 12.8 Å². The van der Waals surface area contributed by atoms with Crippen molar-refractivity contribution in [2.75, 3.05) is 5.32 Å². The molecule has 96 valence electrons. The number of carbonyl (C=O) groups is 2. The standard InChI is InChI=1S/C16H15NO2/c18-15-10-4-8-13(15)16(19)17-14-9-3-6-11-5-1-2-7-12(11)14/h1-3,5-7,9,13H,4,8,10H2,(H,17,19)/t13-/m0/s1. The van der Waals surface area contributed by atoms with Gasteiger partial charge in [-0.3, -0.25) is 9.59 Å². The SMILES string of the molecule is O=C1CCC[C@@H]1C(=O)Nc1cccc2ccccc12. The molecule has 2 aromatic carbocycles. The third-order valence-corrected chi connectivity index (χ3v) is 3.67. The lowest BCUT2D eigenvalue weighted by Crippen LogP contribution is -2.25. The van der Waals surface area contributed by atoms with E-state index < -0.39 is 5.92 Å². The molecule has 2 aromatic rings. The molecule has 1 aliphatic rings. The van der Waals surface area contributed by atoms with Crippen LogP contribution in [0.25, 0.3) is 10.8 Å². The summed E-state index contributed by atoms with van der Waals surface area (Å²) in [4.78, 5) is 23.7. The number of carbonyl (C=O) groups excluding carboxylic acids is 2. The average Bonchev–Trinajstić information content (AvgIpc) is 2.85. The summed E-state index contributed by atoms with van der Waals surface area (Å²) in [5, 5.41) is 4.98. The van der Waals surface area contributed by atoms with Gasteiger partial charge in [0.1, 0.15) is 5.78 Å². The van der Waals surface area contributed by atoms with Crippen LogP contribution in [0.15, 0.2) is 42.5 Å². The number of nitrogens with one attached hydrogen (secondary N) is 1. The van der Waals surface area contributed by atoms with Crippen LogP contribution in [-0.4, -0.2) is 11.7 Å². The molecule has 1 saturated carbocycles. The molecule has 1 amide bonds. The van der Waals surface area contributed by atoms with Crippen molar-refractivity contribution in [3.8, 4) is 0 Å². The maximum atomic E-state index is 12.1. The van der Waals surface area contributed by atoms with Gasteiger partial charge in [-0.2, -0.15) is 0 Å². The molecule has 19 heavy (non-hydrogen) atoms. The molecule has 1 fully saturated rings. The van der Waals surface area contributed by atoms with Gasteiger partial charge in [-0.15, -0.1) is 0 Å². The number of hydrogen-bond donors (Lipinski definition) is 1. The molecule has 1 N–H and O–H groups in total. The second kappa shape index (κ2) is 4.84. The van der Waals surface area contributed by atoms with Gasteiger partial charge in [-0.05, 0) is 24.3 Å². The summed E-state index contributed by atoms with van der Waals surface area (Å²) < 4.78 is 0. The van der Waals surface area contributed by atoms with E-state index in [-0.39, 0.29) is 11.7 Å². The van der Waals surface area contributed by atoms with E-state index in [4.69, 9.17) is 0 Å². The van der Waals surface area contributed by atoms with Crippen LogP contribution in [-0.2, 0) is 9.59 Å². The van der Waals surface area contributed by atoms with Gasteiger partial charge in [-0.25, -0.2) is 0 Å². The highest BCUT2D eigenvalue weighted by atomic mass is 16.2. The fourth-order valence-electron chi connectivity index (χ4n) is 2.65. The Morgan fingerprint density at radius 2 is 1.89 bits per heavy atom. The van der Waals surface area contributed by atoms with Crippen LogP contribution in [0.1, 0.15) is 19.3 Å². The smallest absolute Gasteiger partial charge is 0.234 e. The minimum absolute atomic E-state index is 0.0673. The number of rotatable bonds is 2. The Labute approximate surface area is 111 Å². The third kappa shape index (κ3) is 2.24. The summed E-state index contributed by atoms with van der Waals surface area (Å²) >= 11 is 0. The lowest BCUT2D eigenvalue weighted by molar-refractivity contribution is -0.129. The van der Waals surface area contributed by atoms with Gasteiger partial charge >= 0.3 is 0 Å². The Balaban J connectivity index is 1.89. The number of hydrogen-bond acceptors (Lipinski definition) is 2. The first kappa shape index (κ1) is 11.9. The van der Waals surface area contributed by atoms with Gasteiger partial charge in [0.15, 0.2) is 0 Å². The highest BCUT2D eigenvalue weighted by Crippen LogP contribution is 2.26. The van der Waals surface area contributed by atoms with Crippen molar-refractivity contribution in [1.82, 2.24) is 0 Å². The second-order valence-electron chi connectivity index (χ2n) is 4.93. The summed E-state index contributed by atoms with van der Waals surface area (Å²) in [6.07, 6.45) is 2.04. The van der Waals surface area contributed by atoms with E-state index in [1.54, 1.807) is 0 Å². The van der Waals surface area contributed by atoms with Crippen molar-refractivity contribution < 1.29 is 9.59 Å². The van der Waals surface area contributed by atoms with Crippen LogP contribution in [0.5, 0.6) is 0 Å². The number of benzene rings is 2. The van der Waals surface area contributed by atoms with Gasteiger partial charge in [0.05, 0.1) is 5.92 Å². The highest BCUT2D eigenvalue weighted by Gasteiger charge is 2.30. The zero-order chi connectivity index (χ0) is 13.2. The minimum Gasteiger partial charge on any atom is -0.325 e. The van der Waals surface area contributed by atoms with E-state index in [1.807, 2.05) is 42.5 Å². The Hall–Kier alpha value is -2.16. The van der Waals surface area contributed by atoms with Gasteiger partial charge in [0, 0.05) is 17.5 Å². The quantitative estimate of drug-likeness (QED) is 0.836. The lowest BCUT2D eigenvalue weighted by Gasteiger charge is -2.11. The lowest BCUT2D eigenvalue weighted by atomic mass is 10.1. The molecule has 0 aromatic heterocycles. The predicted molar refractivity (Wildman–Crippen MR) is 74.9 cm³/mol. The minimum atomic E-state index is -0.459. The Kier molecular flexibility index (Phi) is 3.03. The molecule has 0 aliphatic heterocycles. The van der Waals surface area contributed by atoms with E-state index in [9.17, 15) is 9.59 Å². The highest BCUT2D eigenvalue weighted by molar-refractivity contribution is 6.11. The van der Waals surface area contributed by atoms with Crippen molar-refractivity contribution in [2.24, 2.45) is 5.92 Å². The zero-order valence-electron chi connectivity index (χ0n) is 10.6. The molecule has 0 spiro atoms. The molecule has 3 nitrogen and oxygen atoms in total. The van der Waals surface area contributed by atoms with Crippen LogP contribution in [0.3, 0.4) is 0 Å². The van der Waals surface area contributed by atoms with Crippen molar-refractivity contribution in [3.05, 3.63) is 42.5 Å². The maximum absolute atomic E-state index is 12.1. The Morgan fingerprint density at radius 3 is 2.68 bits per heavy atom. The van der Waals surface area contributed by atoms with Crippen molar-refractivity contribution in [3.63, 3.8) is 0 Å². The number of amides is 1. The number of fused-ring (bicyclic) bond motifs is 1. The summed E-state index contributed by atoms with van der Waals surface area (Å²) in [5.41, 5.74) is 0.780. The monoisotopic (exact) mass is 253 g/mol. The Bertz CT molecular complexity index is 643. The van der Waals surface area contributed by atoms with Crippen LogP contribution in [0.4, 0.5) is 5.69 Å². The van der Waals surface area contributed by atoms with Gasteiger partial charge < -0.3 is 5.32 Å². The normalized spacial score (nSPS) is 18.7. The zero-order valence-corrected chi connectivity index (χ0v) is 10.6. The van der Waals surface area contributed by atoms with Crippen molar-refractivity contribution >= 4 is 28.2 Å². The summed E-state index contributed by atoms with van der Waals surface area (Å²) in [6.45, 7) is 0. The van der Waals surface area contributed by atoms with E-state index in [0.717, 1.165) is 22.9 Å². The number of anilines is 1. The molecule has 1 atom stereocenters. The van der Waals surface area contributed by atoms with E-state index >= 15 is 0 Å². The fraction of sp³-hybridized carbons (Fsp3) is 0.250. The summed E-state index contributed by atoms with van der Waals surface area (Å²) in [6, 6.07) is 13.7. The molecule has 3 rings (SSSR count). The fourth-order valence-corrected chi connectivity index (χ4v) is 2.65. The third-order valence-electron chi connectivity index (χ3n) is 3.67. The van der Waals surface area contributed by atoms with E-state index in [1.165, 1.54) is 0 Å². The molecular weight excluding hydrogens is 238 g/mol. The molecule has 3 heteroatoms. The molecule has 0 bridgehead atoms. The number of Topliss-reactive ketones (excluding diaryl/α,β-unsaturated/α-hetero) is 1. The van der Waals surface area contributed by atoms with Crippen LogP contribution < -0.4 is 5.32 Å². The molecular formula is C16H15NO2. The first-order valence-electron chi connectivity index (χ1n) is 6.57. The molecule has 1 aliphatic carbocycles. The van der Waals surface area contributed by atoms with E-state index in [2.05, 4.69) is 5.32 Å². The average molecular weight is 253 g/mol. The predicted octanol–water partition coefficient (Wildman–Crippen LogP) is 3.15. The molecule has 0 unspecified atom stereocenters. The summed E-state index contributed by atoms with van der Waals surface area (Å²) in [5.74, 6) is -0.560. The molecule has 0 heterocycles. The molecule has 0 radical (unpaired) electrons.